The zero-order valence-corrected chi connectivity index (χ0v) is 10.5. The van der Waals surface area contributed by atoms with Gasteiger partial charge in [-0.25, -0.2) is 4.79 Å². The molecule has 0 unspecified atom stereocenters. The number of ketones is 1. The second kappa shape index (κ2) is 5.84. The first-order valence-corrected chi connectivity index (χ1v) is 5.91. The summed E-state index contributed by atoms with van der Waals surface area (Å²) in [6.45, 7) is 0. The Balaban J connectivity index is 2.11. The van der Waals surface area contributed by atoms with Crippen LogP contribution in [-0.4, -0.2) is 22.0 Å². The van der Waals surface area contributed by atoms with E-state index in [1.807, 2.05) is 0 Å². The van der Waals surface area contributed by atoms with Gasteiger partial charge in [0.25, 0.3) is 0 Å². The highest BCUT2D eigenvalue weighted by molar-refractivity contribution is 6.07. The molecule has 0 aliphatic heterocycles. The zero-order valence-electron chi connectivity index (χ0n) is 10.5. The zero-order chi connectivity index (χ0) is 14.5. The number of rotatable bonds is 4. The molecule has 20 heavy (non-hydrogen) atoms. The molecule has 0 atom stereocenters. The minimum Gasteiger partial charge on any atom is -0.508 e. The summed E-state index contributed by atoms with van der Waals surface area (Å²) in [4.78, 5) is 22.6. The number of aromatic carboxylic acids is 1. The number of carbonyl (C=O) groups is 2. The third-order valence-electron chi connectivity index (χ3n) is 2.74. The van der Waals surface area contributed by atoms with Gasteiger partial charge in [0.2, 0.25) is 0 Å². The van der Waals surface area contributed by atoms with E-state index in [0.29, 0.717) is 5.56 Å². The van der Waals surface area contributed by atoms with Crippen molar-refractivity contribution >= 4 is 17.8 Å². The van der Waals surface area contributed by atoms with Gasteiger partial charge in [0.15, 0.2) is 5.78 Å². The fourth-order valence-electron chi connectivity index (χ4n) is 1.63. The molecule has 0 aliphatic carbocycles. The molecule has 2 aromatic rings. The van der Waals surface area contributed by atoms with Crippen molar-refractivity contribution in [3.63, 3.8) is 0 Å². The van der Waals surface area contributed by atoms with Gasteiger partial charge in [0.1, 0.15) is 5.75 Å². The molecule has 0 radical (unpaired) electrons. The number of carbonyl (C=O) groups excluding carboxylic acids is 1. The molecule has 0 fully saturated rings. The number of allylic oxidation sites excluding steroid dienone is 1. The van der Waals surface area contributed by atoms with Gasteiger partial charge in [0.05, 0.1) is 5.56 Å². The van der Waals surface area contributed by atoms with Crippen molar-refractivity contribution in [2.45, 2.75) is 0 Å². The van der Waals surface area contributed by atoms with Crippen molar-refractivity contribution in [2.75, 3.05) is 0 Å². The Labute approximate surface area is 115 Å². The van der Waals surface area contributed by atoms with Crippen LogP contribution in [0.3, 0.4) is 0 Å². The van der Waals surface area contributed by atoms with Gasteiger partial charge < -0.3 is 10.2 Å². The van der Waals surface area contributed by atoms with E-state index in [2.05, 4.69) is 0 Å². The maximum atomic E-state index is 11.9. The van der Waals surface area contributed by atoms with E-state index in [1.165, 1.54) is 42.5 Å². The predicted octanol–water partition coefficient (Wildman–Crippen LogP) is 2.99. The van der Waals surface area contributed by atoms with Gasteiger partial charge in [-0.05, 0) is 35.9 Å². The van der Waals surface area contributed by atoms with Crippen molar-refractivity contribution < 1.29 is 19.8 Å². The summed E-state index contributed by atoms with van der Waals surface area (Å²) < 4.78 is 0. The lowest BCUT2D eigenvalue weighted by Crippen LogP contribution is -1.98. The Morgan fingerprint density at radius 1 is 0.850 bits per heavy atom. The number of hydrogen-bond donors (Lipinski definition) is 2. The largest absolute Gasteiger partial charge is 0.508 e. The molecule has 2 aromatic carbocycles. The van der Waals surface area contributed by atoms with Gasteiger partial charge >= 0.3 is 5.97 Å². The Bertz CT molecular complexity index is 652. The molecule has 4 nitrogen and oxygen atoms in total. The smallest absolute Gasteiger partial charge is 0.335 e. The van der Waals surface area contributed by atoms with Gasteiger partial charge in [-0.1, -0.05) is 30.3 Å². The standard InChI is InChI=1S/C16H12O4/c17-14-8-1-11(2-9-14)3-10-15(18)12-4-6-13(7-5-12)16(19)20/h1-10,17H,(H,19,20). The molecule has 0 spiro atoms. The van der Waals surface area contributed by atoms with Crippen LogP contribution in [0.1, 0.15) is 26.3 Å². The van der Waals surface area contributed by atoms with Crippen LogP contribution in [0.25, 0.3) is 6.08 Å². The fraction of sp³-hybridized carbons (Fsp3) is 0. The molecular weight excluding hydrogens is 256 g/mol. The van der Waals surface area contributed by atoms with Crippen LogP contribution in [0.5, 0.6) is 5.75 Å². The molecule has 0 bridgehead atoms. The van der Waals surface area contributed by atoms with E-state index in [-0.39, 0.29) is 17.1 Å². The van der Waals surface area contributed by atoms with Gasteiger partial charge in [-0.2, -0.15) is 0 Å². The van der Waals surface area contributed by atoms with Crippen LogP contribution in [0.15, 0.2) is 54.6 Å². The first-order chi connectivity index (χ1) is 9.56. The van der Waals surface area contributed by atoms with Crippen molar-refractivity contribution in [1.82, 2.24) is 0 Å². The number of hydrogen-bond acceptors (Lipinski definition) is 3. The quantitative estimate of drug-likeness (QED) is 0.660. The van der Waals surface area contributed by atoms with Crippen LogP contribution < -0.4 is 0 Å². The van der Waals surface area contributed by atoms with Crippen molar-refractivity contribution in [1.29, 1.82) is 0 Å². The lowest BCUT2D eigenvalue weighted by Gasteiger charge is -1.98. The van der Waals surface area contributed by atoms with Gasteiger partial charge in [-0.3, -0.25) is 4.79 Å². The Morgan fingerprint density at radius 2 is 1.40 bits per heavy atom. The van der Waals surface area contributed by atoms with Gasteiger partial charge in [-0.15, -0.1) is 0 Å². The molecule has 0 aliphatic rings. The van der Waals surface area contributed by atoms with Crippen LogP contribution in [0.4, 0.5) is 0 Å². The predicted molar refractivity (Wildman–Crippen MR) is 74.9 cm³/mol. The van der Waals surface area contributed by atoms with Crippen molar-refractivity contribution in [3.8, 4) is 5.75 Å². The topological polar surface area (TPSA) is 74.6 Å². The number of carboxylic acids is 1. The number of phenolic OH excluding ortho intramolecular Hbond substituents is 1. The highest BCUT2D eigenvalue weighted by atomic mass is 16.4. The Morgan fingerprint density at radius 3 is 1.95 bits per heavy atom. The number of phenols is 1. The summed E-state index contributed by atoms with van der Waals surface area (Å²) in [6.07, 6.45) is 3.04. The van der Waals surface area contributed by atoms with Crippen LogP contribution in [0.2, 0.25) is 0 Å². The Hall–Kier alpha value is -2.88. The third-order valence-corrected chi connectivity index (χ3v) is 2.74. The summed E-state index contributed by atoms with van der Waals surface area (Å²) in [7, 11) is 0. The second-order valence-electron chi connectivity index (χ2n) is 4.17. The number of aromatic hydroxyl groups is 1. The number of benzene rings is 2. The van der Waals surface area contributed by atoms with Crippen LogP contribution in [-0.2, 0) is 0 Å². The summed E-state index contributed by atoms with van der Waals surface area (Å²) in [6, 6.07) is 12.2. The van der Waals surface area contributed by atoms with Crippen LogP contribution >= 0.6 is 0 Å². The first kappa shape index (κ1) is 13.5. The Kier molecular flexibility index (Phi) is 3.96. The summed E-state index contributed by atoms with van der Waals surface area (Å²) >= 11 is 0. The lowest BCUT2D eigenvalue weighted by molar-refractivity contribution is 0.0696. The van der Waals surface area contributed by atoms with E-state index in [4.69, 9.17) is 10.2 Å². The minimum atomic E-state index is -1.02. The molecule has 0 saturated carbocycles. The average molecular weight is 268 g/mol. The highest BCUT2D eigenvalue weighted by Gasteiger charge is 2.05. The van der Waals surface area contributed by atoms with Crippen LogP contribution in [0, 0.1) is 0 Å². The molecule has 4 heteroatoms. The van der Waals surface area contributed by atoms with Crippen molar-refractivity contribution in [3.05, 3.63) is 71.3 Å². The molecule has 100 valence electrons. The summed E-state index contributed by atoms with van der Waals surface area (Å²) in [5, 5.41) is 17.9. The molecule has 0 saturated heterocycles. The minimum absolute atomic E-state index is 0.143. The fourth-order valence-corrected chi connectivity index (χ4v) is 1.63. The SMILES string of the molecule is O=C(O)c1ccc(C(=O)C=Cc2ccc(O)cc2)cc1. The van der Waals surface area contributed by atoms with E-state index in [0.717, 1.165) is 5.56 Å². The summed E-state index contributed by atoms with van der Waals surface area (Å²) in [5.41, 5.74) is 1.35. The van der Waals surface area contributed by atoms with Crippen molar-refractivity contribution in [2.24, 2.45) is 0 Å². The molecule has 0 amide bonds. The monoisotopic (exact) mass is 268 g/mol. The van der Waals surface area contributed by atoms with E-state index >= 15 is 0 Å². The highest BCUT2D eigenvalue weighted by Crippen LogP contribution is 2.12. The molecule has 2 rings (SSSR count). The third kappa shape index (κ3) is 3.32. The van der Waals surface area contributed by atoms with E-state index in [1.54, 1.807) is 18.2 Å². The summed E-state index contributed by atoms with van der Waals surface area (Å²) in [5.74, 6) is -1.07. The lowest BCUT2D eigenvalue weighted by atomic mass is 10.1. The van der Waals surface area contributed by atoms with E-state index in [9.17, 15) is 9.59 Å². The molecule has 0 heterocycles. The van der Waals surface area contributed by atoms with E-state index < -0.39 is 5.97 Å². The molecule has 2 N–H and O–H groups in total. The molecular formula is C16H12O4. The average Bonchev–Trinajstić information content (AvgIpc) is 2.46. The van der Waals surface area contributed by atoms with Gasteiger partial charge in [0, 0.05) is 5.56 Å². The second-order valence-corrected chi connectivity index (χ2v) is 4.17. The first-order valence-electron chi connectivity index (χ1n) is 5.91. The maximum Gasteiger partial charge on any atom is 0.335 e. The normalized spacial score (nSPS) is 10.6. The number of carboxylic acid groups (broad SMARTS) is 1. The maximum absolute atomic E-state index is 11.9. The molecule has 0 aromatic heterocycles.